The number of nitrogens with zero attached hydrogens (tertiary/aromatic N) is 1. The Labute approximate surface area is 143 Å². The average Bonchev–Trinajstić information content (AvgIpc) is 3.36. The van der Waals surface area contributed by atoms with Gasteiger partial charge in [-0.15, -0.1) is 12.4 Å². The fourth-order valence-electron chi connectivity index (χ4n) is 2.86. The van der Waals surface area contributed by atoms with E-state index >= 15 is 0 Å². The van der Waals surface area contributed by atoms with Gasteiger partial charge in [0.15, 0.2) is 23.3 Å². The molecular weight excluding hydrogens is 348 g/mol. The van der Waals surface area contributed by atoms with Gasteiger partial charge in [-0.2, -0.15) is 0 Å². The van der Waals surface area contributed by atoms with E-state index in [2.05, 4.69) is 5.32 Å². The first-order valence-corrected chi connectivity index (χ1v) is 7.83. The van der Waals surface area contributed by atoms with E-state index in [0.29, 0.717) is 25.9 Å². The molecule has 1 aliphatic carbocycles. The maximum atomic E-state index is 13.7. The SMILES string of the molecule is Cl.O=C(c1c(F)c(F)cc(F)c1F)N1CCC(NCC2CC2)CC1. The first-order valence-electron chi connectivity index (χ1n) is 7.83. The molecule has 1 aliphatic heterocycles. The molecule has 0 aromatic heterocycles. The minimum absolute atomic E-state index is 0. The largest absolute Gasteiger partial charge is 0.338 e. The number of hydrogen-bond donors (Lipinski definition) is 1. The number of carbonyl (C=O) groups is 1. The van der Waals surface area contributed by atoms with Crippen LogP contribution in [0, 0.1) is 29.2 Å². The molecule has 1 heterocycles. The second-order valence-corrected chi connectivity index (χ2v) is 6.26. The second-order valence-electron chi connectivity index (χ2n) is 6.26. The number of benzene rings is 1. The second kappa shape index (κ2) is 7.70. The minimum atomic E-state index is -1.64. The summed E-state index contributed by atoms with van der Waals surface area (Å²) in [4.78, 5) is 13.5. The van der Waals surface area contributed by atoms with Crippen LogP contribution in [0.15, 0.2) is 6.07 Å². The molecule has 1 saturated carbocycles. The Balaban J connectivity index is 0.00000208. The van der Waals surface area contributed by atoms with Crippen LogP contribution in [0.1, 0.15) is 36.0 Å². The van der Waals surface area contributed by atoms with Gasteiger partial charge in [0.1, 0.15) is 5.56 Å². The van der Waals surface area contributed by atoms with Gasteiger partial charge in [-0.25, -0.2) is 17.6 Å². The van der Waals surface area contributed by atoms with Crippen molar-refractivity contribution in [3.05, 3.63) is 34.9 Å². The average molecular weight is 367 g/mol. The fraction of sp³-hybridized carbons (Fsp3) is 0.562. The van der Waals surface area contributed by atoms with Crippen LogP contribution < -0.4 is 5.32 Å². The topological polar surface area (TPSA) is 32.3 Å². The number of likely N-dealkylation sites (tertiary alicyclic amines) is 1. The predicted molar refractivity (Wildman–Crippen MR) is 83.2 cm³/mol. The zero-order valence-electron chi connectivity index (χ0n) is 13.0. The standard InChI is InChI=1S/C16H18F4N2O.ClH/c17-11-7-12(18)15(20)13(14(11)19)16(23)22-5-3-10(4-6-22)21-8-9-1-2-9;/h7,9-10,21H,1-6,8H2;1H. The first-order chi connectivity index (χ1) is 11.0. The van der Waals surface area contributed by atoms with Gasteiger partial charge in [0.05, 0.1) is 0 Å². The van der Waals surface area contributed by atoms with Crippen LogP contribution >= 0.6 is 12.4 Å². The highest BCUT2D eigenvalue weighted by Gasteiger charge is 2.31. The molecule has 0 radical (unpaired) electrons. The summed E-state index contributed by atoms with van der Waals surface area (Å²) < 4.78 is 53.9. The summed E-state index contributed by atoms with van der Waals surface area (Å²) >= 11 is 0. The lowest BCUT2D eigenvalue weighted by Gasteiger charge is -2.32. The van der Waals surface area contributed by atoms with Crippen LogP contribution in [0.5, 0.6) is 0 Å². The summed E-state index contributed by atoms with van der Waals surface area (Å²) in [6, 6.07) is 0.369. The van der Waals surface area contributed by atoms with Gasteiger partial charge in [0.25, 0.3) is 5.91 Å². The molecule has 0 spiro atoms. The third-order valence-corrected chi connectivity index (χ3v) is 4.50. The smallest absolute Gasteiger partial charge is 0.260 e. The lowest BCUT2D eigenvalue weighted by atomic mass is 10.0. The third kappa shape index (κ3) is 4.00. The molecule has 1 aromatic carbocycles. The minimum Gasteiger partial charge on any atom is -0.338 e. The first kappa shape index (κ1) is 19.0. The van der Waals surface area contributed by atoms with Crippen molar-refractivity contribution in [2.24, 2.45) is 5.92 Å². The lowest BCUT2D eigenvalue weighted by molar-refractivity contribution is 0.0692. The van der Waals surface area contributed by atoms with E-state index in [-0.39, 0.29) is 24.5 Å². The number of carbonyl (C=O) groups excluding carboxylic acids is 1. The Kier molecular flexibility index (Phi) is 6.09. The van der Waals surface area contributed by atoms with Gasteiger partial charge < -0.3 is 10.2 Å². The highest BCUT2D eigenvalue weighted by molar-refractivity contribution is 5.95. The van der Waals surface area contributed by atoms with E-state index < -0.39 is 34.7 Å². The monoisotopic (exact) mass is 366 g/mol. The summed E-state index contributed by atoms with van der Waals surface area (Å²) in [6.07, 6.45) is 3.79. The predicted octanol–water partition coefficient (Wildman–Crippen LogP) is 3.27. The zero-order chi connectivity index (χ0) is 16.6. The van der Waals surface area contributed by atoms with E-state index in [4.69, 9.17) is 0 Å². The molecule has 1 N–H and O–H groups in total. The summed E-state index contributed by atoms with van der Waals surface area (Å²) in [5.41, 5.74) is -1.15. The molecule has 2 fully saturated rings. The number of halogens is 5. The number of amides is 1. The maximum absolute atomic E-state index is 13.7. The van der Waals surface area contributed by atoms with Crippen molar-refractivity contribution in [2.45, 2.75) is 31.7 Å². The number of rotatable bonds is 4. The molecule has 24 heavy (non-hydrogen) atoms. The lowest BCUT2D eigenvalue weighted by Crippen LogP contribution is -2.45. The van der Waals surface area contributed by atoms with Crippen LogP contribution in [0.4, 0.5) is 17.6 Å². The highest BCUT2D eigenvalue weighted by atomic mass is 35.5. The Bertz CT molecular complexity index is 590. The van der Waals surface area contributed by atoms with Crippen molar-refractivity contribution < 1.29 is 22.4 Å². The van der Waals surface area contributed by atoms with Crippen molar-refractivity contribution in [1.29, 1.82) is 0 Å². The van der Waals surface area contributed by atoms with Gasteiger partial charge in [-0.05, 0) is 38.1 Å². The number of nitrogens with one attached hydrogen (secondary N) is 1. The van der Waals surface area contributed by atoms with Crippen molar-refractivity contribution in [3.63, 3.8) is 0 Å². The summed E-state index contributed by atoms with van der Waals surface area (Å²) in [5.74, 6) is -6.65. The van der Waals surface area contributed by atoms with Gasteiger partial charge in [0.2, 0.25) is 0 Å². The fourth-order valence-corrected chi connectivity index (χ4v) is 2.86. The molecule has 3 nitrogen and oxygen atoms in total. The maximum Gasteiger partial charge on any atom is 0.260 e. The molecule has 0 bridgehead atoms. The van der Waals surface area contributed by atoms with Crippen molar-refractivity contribution in [2.75, 3.05) is 19.6 Å². The van der Waals surface area contributed by atoms with Crippen LogP contribution in [0.25, 0.3) is 0 Å². The van der Waals surface area contributed by atoms with Crippen molar-refractivity contribution >= 4 is 18.3 Å². The Morgan fingerprint density at radius 2 is 1.58 bits per heavy atom. The molecular formula is C16H19ClF4N2O. The molecule has 1 amide bonds. The molecule has 2 aliphatic rings. The molecule has 0 unspecified atom stereocenters. The zero-order valence-corrected chi connectivity index (χ0v) is 13.8. The molecule has 8 heteroatoms. The van der Waals surface area contributed by atoms with Gasteiger partial charge >= 0.3 is 0 Å². The number of piperidine rings is 1. The molecule has 0 atom stereocenters. The summed E-state index contributed by atoms with van der Waals surface area (Å²) in [6.45, 7) is 1.56. The van der Waals surface area contributed by atoms with Crippen LogP contribution in [-0.2, 0) is 0 Å². The van der Waals surface area contributed by atoms with Crippen LogP contribution in [-0.4, -0.2) is 36.5 Å². The van der Waals surface area contributed by atoms with Crippen molar-refractivity contribution in [3.8, 4) is 0 Å². The van der Waals surface area contributed by atoms with Crippen LogP contribution in [0.2, 0.25) is 0 Å². The highest BCUT2D eigenvalue weighted by Crippen LogP contribution is 2.28. The third-order valence-electron chi connectivity index (χ3n) is 4.50. The van der Waals surface area contributed by atoms with E-state index in [0.717, 1.165) is 12.5 Å². The van der Waals surface area contributed by atoms with Crippen molar-refractivity contribution in [1.82, 2.24) is 10.2 Å². The summed E-state index contributed by atoms with van der Waals surface area (Å²) in [5, 5.41) is 3.42. The summed E-state index contributed by atoms with van der Waals surface area (Å²) in [7, 11) is 0. The Morgan fingerprint density at radius 3 is 2.08 bits per heavy atom. The molecule has 3 rings (SSSR count). The van der Waals surface area contributed by atoms with Gasteiger partial charge in [-0.1, -0.05) is 0 Å². The normalized spacial score (nSPS) is 18.4. The Morgan fingerprint density at radius 1 is 1.04 bits per heavy atom. The van der Waals surface area contributed by atoms with Crippen LogP contribution in [0.3, 0.4) is 0 Å². The van der Waals surface area contributed by atoms with Gasteiger partial charge in [0, 0.05) is 25.2 Å². The molecule has 1 saturated heterocycles. The Hall–Kier alpha value is -1.34. The van der Waals surface area contributed by atoms with E-state index in [9.17, 15) is 22.4 Å². The van der Waals surface area contributed by atoms with E-state index in [1.54, 1.807) is 0 Å². The quantitative estimate of drug-likeness (QED) is 0.655. The van der Waals surface area contributed by atoms with Gasteiger partial charge in [-0.3, -0.25) is 4.79 Å². The van der Waals surface area contributed by atoms with E-state index in [1.807, 2.05) is 0 Å². The molecule has 1 aromatic rings. The van der Waals surface area contributed by atoms with E-state index in [1.165, 1.54) is 17.7 Å². The molecule has 134 valence electrons. The number of hydrogen-bond acceptors (Lipinski definition) is 2.